The molecule has 0 spiro atoms. The molecule has 0 N–H and O–H groups in total. The molecule has 6 atom stereocenters. The van der Waals surface area contributed by atoms with Gasteiger partial charge in [0.15, 0.2) is 5.60 Å². The van der Waals surface area contributed by atoms with Crippen LogP contribution in [0.25, 0.3) is 0 Å². The van der Waals surface area contributed by atoms with Crippen molar-refractivity contribution in [1.82, 2.24) is 0 Å². The summed E-state index contributed by atoms with van der Waals surface area (Å²) in [7, 11) is 0. The highest BCUT2D eigenvalue weighted by Gasteiger charge is 2.65. The zero-order chi connectivity index (χ0) is 10.1. The Morgan fingerprint density at radius 1 is 1.29 bits per heavy atom. The van der Waals surface area contributed by atoms with Gasteiger partial charge in [0.05, 0.1) is 6.10 Å². The first-order valence-corrected chi connectivity index (χ1v) is 5.08. The van der Waals surface area contributed by atoms with Crippen LogP contribution in [-0.2, 0) is 19.0 Å². The van der Waals surface area contributed by atoms with Crippen LogP contribution in [0.5, 0.6) is 0 Å². The Balaban J connectivity index is 2.08. The Hall–Kier alpha value is -0.610. The van der Waals surface area contributed by atoms with E-state index in [1.165, 1.54) is 0 Å². The van der Waals surface area contributed by atoms with Gasteiger partial charge < -0.3 is 14.2 Å². The lowest BCUT2D eigenvalue weighted by Crippen LogP contribution is -2.60. The van der Waals surface area contributed by atoms with Gasteiger partial charge >= 0.3 is 5.97 Å². The number of carbonyl (C=O) groups is 1. The molecule has 0 unspecified atom stereocenters. The highest BCUT2D eigenvalue weighted by Crippen LogP contribution is 2.50. The summed E-state index contributed by atoms with van der Waals surface area (Å²) in [4.78, 5) is 11.7. The minimum Gasteiger partial charge on any atom is -0.431 e. The molecule has 3 aliphatic rings. The van der Waals surface area contributed by atoms with Gasteiger partial charge in [0, 0.05) is 11.8 Å². The highest BCUT2D eigenvalue weighted by atomic mass is 16.8. The summed E-state index contributed by atoms with van der Waals surface area (Å²) in [5.74, 6) is 0.102. The van der Waals surface area contributed by atoms with E-state index in [4.69, 9.17) is 14.2 Å². The van der Waals surface area contributed by atoms with E-state index < -0.39 is 11.9 Å². The van der Waals surface area contributed by atoms with E-state index in [-0.39, 0.29) is 24.1 Å². The molecular weight excluding hydrogens is 184 g/mol. The molecule has 78 valence electrons. The van der Waals surface area contributed by atoms with Gasteiger partial charge in [0.2, 0.25) is 6.29 Å². The van der Waals surface area contributed by atoms with Crippen LogP contribution in [0.1, 0.15) is 20.8 Å². The van der Waals surface area contributed by atoms with Crippen LogP contribution in [0.2, 0.25) is 0 Å². The molecule has 0 aromatic rings. The van der Waals surface area contributed by atoms with Gasteiger partial charge in [0.25, 0.3) is 0 Å². The molecule has 3 heterocycles. The monoisotopic (exact) mass is 198 g/mol. The lowest BCUT2D eigenvalue weighted by molar-refractivity contribution is -0.250. The number of hydrogen-bond acceptors (Lipinski definition) is 4. The molecule has 0 aliphatic carbocycles. The smallest absolute Gasteiger partial charge is 0.340 e. The molecule has 14 heavy (non-hydrogen) atoms. The number of rotatable bonds is 0. The van der Waals surface area contributed by atoms with Crippen LogP contribution in [0.3, 0.4) is 0 Å². The summed E-state index contributed by atoms with van der Waals surface area (Å²) < 4.78 is 16.7. The van der Waals surface area contributed by atoms with Crippen LogP contribution in [0, 0.1) is 11.8 Å². The predicted molar refractivity (Wildman–Crippen MR) is 46.4 cm³/mol. The summed E-state index contributed by atoms with van der Waals surface area (Å²) in [6, 6.07) is 0. The van der Waals surface area contributed by atoms with Crippen molar-refractivity contribution < 1.29 is 19.0 Å². The molecule has 0 aromatic heterocycles. The van der Waals surface area contributed by atoms with Crippen molar-refractivity contribution in [3.05, 3.63) is 0 Å². The first-order chi connectivity index (χ1) is 6.54. The Morgan fingerprint density at radius 2 is 2.00 bits per heavy atom. The second-order valence-electron chi connectivity index (χ2n) is 4.71. The average molecular weight is 198 g/mol. The molecule has 0 aromatic carbocycles. The van der Waals surface area contributed by atoms with Crippen molar-refractivity contribution >= 4 is 5.97 Å². The van der Waals surface area contributed by atoms with E-state index in [1.807, 2.05) is 6.92 Å². The topological polar surface area (TPSA) is 44.8 Å². The number of carbonyl (C=O) groups excluding carboxylic acids is 1. The number of ether oxygens (including phenoxy) is 3. The minimum absolute atomic E-state index is 0.0637. The fraction of sp³-hybridized carbons (Fsp3) is 0.900. The zero-order valence-corrected chi connectivity index (χ0v) is 8.52. The third kappa shape index (κ3) is 0.754. The van der Waals surface area contributed by atoms with Crippen molar-refractivity contribution in [2.45, 2.75) is 44.9 Å². The van der Waals surface area contributed by atoms with Crippen LogP contribution in [0.4, 0.5) is 0 Å². The molecule has 0 saturated carbocycles. The third-order valence-corrected chi connectivity index (χ3v) is 3.97. The maximum atomic E-state index is 11.7. The molecule has 3 rings (SSSR count). The zero-order valence-electron chi connectivity index (χ0n) is 8.52. The third-order valence-electron chi connectivity index (χ3n) is 3.97. The molecular formula is C10H14O4. The molecule has 0 amide bonds. The van der Waals surface area contributed by atoms with E-state index in [1.54, 1.807) is 6.92 Å². The van der Waals surface area contributed by atoms with E-state index >= 15 is 0 Å². The number of fused-ring (bicyclic) bond motifs is 2. The summed E-state index contributed by atoms with van der Waals surface area (Å²) in [6.07, 6.45) is -0.449. The average Bonchev–Trinajstić information content (AvgIpc) is 2.33. The van der Waals surface area contributed by atoms with Crippen molar-refractivity contribution in [2.24, 2.45) is 11.8 Å². The van der Waals surface area contributed by atoms with Crippen LogP contribution in [0.15, 0.2) is 0 Å². The van der Waals surface area contributed by atoms with Crippen LogP contribution in [-0.4, -0.2) is 30.1 Å². The maximum absolute atomic E-state index is 11.7. The second kappa shape index (κ2) is 2.31. The lowest BCUT2D eigenvalue weighted by Gasteiger charge is -2.45. The maximum Gasteiger partial charge on any atom is 0.340 e. The molecule has 4 heteroatoms. The molecule has 3 bridgehead atoms. The van der Waals surface area contributed by atoms with Crippen molar-refractivity contribution in [3.8, 4) is 0 Å². The van der Waals surface area contributed by atoms with E-state index in [0.717, 1.165) is 0 Å². The Bertz CT molecular complexity index is 302. The van der Waals surface area contributed by atoms with E-state index in [0.29, 0.717) is 5.92 Å². The van der Waals surface area contributed by atoms with E-state index in [9.17, 15) is 4.79 Å². The molecule has 4 nitrogen and oxygen atoms in total. The highest BCUT2D eigenvalue weighted by molar-refractivity contribution is 5.81. The molecule has 3 saturated heterocycles. The summed E-state index contributed by atoms with van der Waals surface area (Å²) in [5.41, 5.74) is -0.797. The first kappa shape index (κ1) is 8.68. The summed E-state index contributed by atoms with van der Waals surface area (Å²) >= 11 is 0. The van der Waals surface area contributed by atoms with Crippen LogP contribution >= 0.6 is 0 Å². The fourth-order valence-corrected chi connectivity index (χ4v) is 2.78. The van der Waals surface area contributed by atoms with Crippen molar-refractivity contribution in [3.63, 3.8) is 0 Å². The quantitative estimate of drug-likeness (QED) is 0.537. The van der Waals surface area contributed by atoms with Gasteiger partial charge in [-0.25, -0.2) is 4.79 Å². The molecule has 0 radical (unpaired) electrons. The van der Waals surface area contributed by atoms with Gasteiger partial charge in [-0.15, -0.1) is 0 Å². The standard InChI is InChI=1S/C10H14O4/c1-4-6-5(2)10(3)9(11)13-8(12-6)7(4)14-10/h4-8H,1-3H3/t4-,5+,6+,7+,8+,10-/m1/s1. The fourth-order valence-electron chi connectivity index (χ4n) is 2.78. The predicted octanol–water partition coefficient (Wildman–Crippen LogP) is 0.698. The van der Waals surface area contributed by atoms with Gasteiger partial charge in [-0.1, -0.05) is 13.8 Å². The van der Waals surface area contributed by atoms with Crippen molar-refractivity contribution in [1.29, 1.82) is 0 Å². The second-order valence-corrected chi connectivity index (χ2v) is 4.71. The van der Waals surface area contributed by atoms with E-state index in [2.05, 4.69) is 6.92 Å². The van der Waals surface area contributed by atoms with Gasteiger partial charge in [-0.3, -0.25) is 0 Å². The minimum atomic E-state index is -0.797. The number of esters is 1. The Labute approximate surface area is 82.5 Å². The van der Waals surface area contributed by atoms with Gasteiger partial charge in [-0.05, 0) is 6.92 Å². The Morgan fingerprint density at radius 3 is 2.71 bits per heavy atom. The Kier molecular flexibility index (Phi) is 1.43. The SMILES string of the molecule is C[C@H]1[C@@H]2O[C@@]3(C)C(=O)O[C@@H]2O[C@@H]1[C@@H]3C. The normalized spacial score (nSPS) is 60.2. The van der Waals surface area contributed by atoms with Gasteiger partial charge in [0.1, 0.15) is 6.10 Å². The molecule has 3 fully saturated rings. The van der Waals surface area contributed by atoms with Crippen molar-refractivity contribution in [2.75, 3.05) is 0 Å². The number of hydrogen-bond donors (Lipinski definition) is 0. The summed E-state index contributed by atoms with van der Waals surface area (Å²) in [6.45, 7) is 5.88. The largest absolute Gasteiger partial charge is 0.431 e. The summed E-state index contributed by atoms with van der Waals surface area (Å²) in [5, 5.41) is 0. The van der Waals surface area contributed by atoms with Crippen LogP contribution < -0.4 is 0 Å². The van der Waals surface area contributed by atoms with Gasteiger partial charge in [-0.2, -0.15) is 0 Å². The lowest BCUT2D eigenvalue weighted by atomic mass is 9.76. The first-order valence-electron chi connectivity index (χ1n) is 5.08. The molecule has 3 aliphatic heterocycles.